The minimum Gasteiger partial charge on any atom is -0.379 e. The summed E-state index contributed by atoms with van der Waals surface area (Å²) in [7, 11) is 0. The minimum absolute atomic E-state index is 0.416. The van der Waals surface area contributed by atoms with Crippen LogP contribution in [0.4, 0.5) is 0 Å². The molecular formula is C11H10BrNO. The van der Waals surface area contributed by atoms with E-state index in [-0.39, 0.29) is 0 Å². The van der Waals surface area contributed by atoms with E-state index in [9.17, 15) is 5.26 Å². The van der Waals surface area contributed by atoms with Gasteiger partial charge in [-0.3, -0.25) is 0 Å². The number of nitrogens with zero attached hydrogens (tertiary/aromatic N) is 1. The zero-order valence-electron chi connectivity index (χ0n) is 7.66. The summed E-state index contributed by atoms with van der Waals surface area (Å²) >= 11 is 3.38. The van der Waals surface area contributed by atoms with Gasteiger partial charge in [-0.05, 0) is 24.1 Å². The topological polar surface area (TPSA) is 33.0 Å². The van der Waals surface area contributed by atoms with Crippen LogP contribution in [0.2, 0.25) is 0 Å². The molecule has 1 aromatic rings. The first kappa shape index (κ1) is 9.70. The highest BCUT2D eigenvalue weighted by atomic mass is 79.9. The van der Waals surface area contributed by atoms with Gasteiger partial charge in [0.05, 0.1) is 12.7 Å². The third-order valence-corrected chi connectivity index (χ3v) is 3.16. The summed E-state index contributed by atoms with van der Waals surface area (Å²) in [6.07, 6.45) is 0.797. The standard InChI is InChI=1S/C11H10BrNO/c12-10-3-1-9(2-4-10)11(7-13)5-6-14-8-11/h1-4H,5-6,8H2/t11-/m1/s1. The average Bonchev–Trinajstić information content (AvgIpc) is 2.68. The van der Waals surface area contributed by atoms with Crippen LogP contribution in [0.15, 0.2) is 28.7 Å². The van der Waals surface area contributed by atoms with E-state index in [1.165, 1.54) is 0 Å². The lowest BCUT2D eigenvalue weighted by molar-refractivity contribution is 0.186. The molecule has 1 saturated heterocycles. The molecule has 1 atom stereocenters. The van der Waals surface area contributed by atoms with E-state index in [0.29, 0.717) is 13.2 Å². The lowest BCUT2D eigenvalue weighted by atomic mass is 9.81. The fourth-order valence-electron chi connectivity index (χ4n) is 1.71. The third-order valence-electron chi connectivity index (χ3n) is 2.63. The average molecular weight is 252 g/mol. The molecule has 0 unspecified atom stereocenters. The van der Waals surface area contributed by atoms with Crippen molar-refractivity contribution in [1.82, 2.24) is 0 Å². The van der Waals surface area contributed by atoms with Crippen LogP contribution in [0, 0.1) is 11.3 Å². The Morgan fingerprint density at radius 3 is 2.57 bits per heavy atom. The molecule has 0 aromatic heterocycles. The fourth-order valence-corrected chi connectivity index (χ4v) is 1.98. The van der Waals surface area contributed by atoms with Gasteiger partial charge in [-0.25, -0.2) is 0 Å². The fraction of sp³-hybridized carbons (Fsp3) is 0.364. The molecule has 3 heteroatoms. The minimum atomic E-state index is -0.416. The van der Waals surface area contributed by atoms with E-state index < -0.39 is 5.41 Å². The zero-order chi connectivity index (χ0) is 10.0. The van der Waals surface area contributed by atoms with Crippen LogP contribution in [-0.2, 0) is 10.2 Å². The normalized spacial score (nSPS) is 26.0. The highest BCUT2D eigenvalue weighted by Gasteiger charge is 2.36. The molecule has 0 spiro atoms. The van der Waals surface area contributed by atoms with Crippen LogP contribution in [0.3, 0.4) is 0 Å². The van der Waals surface area contributed by atoms with Crippen molar-refractivity contribution in [3.8, 4) is 6.07 Å². The molecule has 14 heavy (non-hydrogen) atoms. The monoisotopic (exact) mass is 251 g/mol. The quantitative estimate of drug-likeness (QED) is 0.769. The zero-order valence-corrected chi connectivity index (χ0v) is 9.25. The van der Waals surface area contributed by atoms with Gasteiger partial charge in [0.1, 0.15) is 5.41 Å². The second kappa shape index (κ2) is 3.72. The number of hydrogen-bond donors (Lipinski definition) is 0. The van der Waals surface area contributed by atoms with Gasteiger partial charge in [0.25, 0.3) is 0 Å². The van der Waals surface area contributed by atoms with Gasteiger partial charge in [-0.15, -0.1) is 0 Å². The molecule has 0 amide bonds. The van der Waals surface area contributed by atoms with Crippen LogP contribution in [0.1, 0.15) is 12.0 Å². The maximum atomic E-state index is 9.20. The number of nitriles is 1. The molecule has 0 saturated carbocycles. The molecule has 2 rings (SSSR count). The molecule has 0 N–H and O–H groups in total. The molecule has 1 aliphatic heterocycles. The first-order valence-corrected chi connectivity index (χ1v) is 5.31. The lowest BCUT2D eigenvalue weighted by Crippen LogP contribution is -2.23. The highest BCUT2D eigenvalue weighted by Crippen LogP contribution is 2.32. The van der Waals surface area contributed by atoms with Crippen molar-refractivity contribution in [2.75, 3.05) is 13.2 Å². The molecule has 1 aromatic carbocycles. The van der Waals surface area contributed by atoms with Crippen LogP contribution < -0.4 is 0 Å². The van der Waals surface area contributed by atoms with Crippen molar-refractivity contribution < 1.29 is 4.74 Å². The van der Waals surface area contributed by atoms with Gasteiger partial charge in [0, 0.05) is 11.1 Å². The number of halogens is 1. The predicted molar refractivity (Wildman–Crippen MR) is 56.9 cm³/mol. The van der Waals surface area contributed by atoms with Crippen molar-refractivity contribution >= 4 is 15.9 Å². The van der Waals surface area contributed by atoms with E-state index >= 15 is 0 Å². The summed E-state index contributed by atoms with van der Waals surface area (Å²) in [6.45, 7) is 1.20. The molecule has 0 bridgehead atoms. The van der Waals surface area contributed by atoms with Crippen molar-refractivity contribution in [1.29, 1.82) is 5.26 Å². The maximum absolute atomic E-state index is 9.20. The smallest absolute Gasteiger partial charge is 0.108 e. The van der Waals surface area contributed by atoms with Crippen LogP contribution in [0.25, 0.3) is 0 Å². The summed E-state index contributed by atoms with van der Waals surface area (Å²) in [4.78, 5) is 0. The number of rotatable bonds is 1. The SMILES string of the molecule is N#C[C@]1(c2ccc(Br)cc2)CCOC1. The Balaban J connectivity index is 2.37. The Hall–Kier alpha value is -0.850. The number of ether oxygens (including phenoxy) is 1. The van der Waals surface area contributed by atoms with E-state index in [4.69, 9.17) is 4.74 Å². The first-order chi connectivity index (χ1) is 6.77. The molecule has 2 nitrogen and oxygen atoms in total. The first-order valence-electron chi connectivity index (χ1n) is 4.52. The Morgan fingerprint density at radius 2 is 2.07 bits per heavy atom. The second-order valence-electron chi connectivity index (χ2n) is 3.50. The highest BCUT2D eigenvalue weighted by molar-refractivity contribution is 9.10. The Labute approximate surface area is 91.6 Å². The van der Waals surface area contributed by atoms with E-state index in [1.807, 2.05) is 24.3 Å². The largest absolute Gasteiger partial charge is 0.379 e. The summed E-state index contributed by atoms with van der Waals surface area (Å²) in [5.74, 6) is 0. The van der Waals surface area contributed by atoms with Crippen molar-refractivity contribution in [2.24, 2.45) is 0 Å². The lowest BCUT2D eigenvalue weighted by Gasteiger charge is -2.18. The van der Waals surface area contributed by atoms with E-state index in [2.05, 4.69) is 22.0 Å². The molecule has 72 valence electrons. The number of benzene rings is 1. The summed E-state index contributed by atoms with van der Waals surface area (Å²) in [5.41, 5.74) is 0.640. The van der Waals surface area contributed by atoms with Crippen LogP contribution in [-0.4, -0.2) is 13.2 Å². The molecule has 0 radical (unpaired) electrons. The van der Waals surface area contributed by atoms with E-state index in [1.54, 1.807) is 0 Å². The predicted octanol–water partition coefficient (Wildman–Crippen LogP) is 2.63. The second-order valence-corrected chi connectivity index (χ2v) is 4.42. The van der Waals surface area contributed by atoms with Gasteiger partial charge < -0.3 is 4.74 Å². The summed E-state index contributed by atoms with van der Waals surface area (Å²) < 4.78 is 6.34. The molecule has 0 aliphatic carbocycles. The van der Waals surface area contributed by atoms with Crippen molar-refractivity contribution in [3.63, 3.8) is 0 Å². The Kier molecular flexibility index (Phi) is 2.58. The third kappa shape index (κ3) is 1.56. The Morgan fingerprint density at radius 1 is 1.36 bits per heavy atom. The van der Waals surface area contributed by atoms with Gasteiger partial charge >= 0.3 is 0 Å². The Bertz CT molecular complexity index is 360. The summed E-state index contributed by atoms with van der Waals surface area (Å²) in [5, 5.41) is 9.20. The maximum Gasteiger partial charge on any atom is 0.108 e. The molecule has 1 fully saturated rings. The molecule has 1 heterocycles. The van der Waals surface area contributed by atoms with Gasteiger partial charge in [-0.1, -0.05) is 28.1 Å². The van der Waals surface area contributed by atoms with Crippen molar-refractivity contribution in [2.45, 2.75) is 11.8 Å². The van der Waals surface area contributed by atoms with Gasteiger partial charge in [-0.2, -0.15) is 5.26 Å². The summed E-state index contributed by atoms with van der Waals surface area (Å²) in [6, 6.07) is 10.3. The van der Waals surface area contributed by atoms with Gasteiger partial charge in [0.15, 0.2) is 0 Å². The molecular weight excluding hydrogens is 242 g/mol. The van der Waals surface area contributed by atoms with Crippen LogP contribution >= 0.6 is 15.9 Å². The van der Waals surface area contributed by atoms with E-state index in [0.717, 1.165) is 16.5 Å². The van der Waals surface area contributed by atoms with Crippen molar-refractivity contribution in [3.05, 3.63) is 34.3 Å². The van der Waals surface area contributed by atoms with Crippen LogP contribution in [0.5, 0.6) is 0 Å². The molecule has 1 aliphatic rings. The van der Waals surface area contributed by atoms with Gasteiger partial charge in [0.2, 0.25) is 0 Å². The number of hydrogen-bond acceptors (Lipinski definition) is 2.